The number of benzene rings is 1. The van der Waals surface area contributed by atoms with Gasteiger partial charge in [0.05, 0.1) is 0 Å². The van der Waals surface area contributed by atoms with E-state index in [1.165, 1.54) is 4.90 Å². The van der Waals surface area contributed by atoms with Crippen LogP contribution in [0.5, 0.6) is 0 Å². The third kappa shape index (κ3) is 2.18. The summed E-state index contributed by atoms with van der Waals surface area (Å²) in [6.07, 6.45) is 0. The largest absolute Gasteiger partial charge is 0.381 e. The maximum Gasteiger partial charge on any atom is 0.171 e. The van der Waals surface area contributed by atoms with Gasteiger partial charge >= 0.3 is 0 Å². The van der Waals surface area contributed by atoms with E-state index in [1.54, 1.807) is 19.2 Å². The van der Waals surface area contributed by atoms with Gasteiger partial charge in [0.2, 0.25) is 0 Å². The molecule has 88 valence electrons. The first-order chi connectivity index (χ1) is 8.09. The summed E-state index contributed by atoms with van der Waals surface area (Å²) in [5.74, 6) is -1.92. The van der Waals surface area contributed by atoms with Gasteiger partial charge in [-0.2, -0.15) is 0 Å². The summed E-state index contributed by atoms with van der Waals surface area (Å²) in [7, 11) is 1.64. The maximum absolute atomic E-state index is 13.6. The fourth-order valence-corrected chi connectivity index (χ4v) is 1.48. The third-order valence-corrected chi connectivity index (χ3v) is 2.40. The monoisotopic (exact) mass is 235 g/mol. The number of aromatic nitrogens is 1. The number of halogens is 2. The van der Waals surface area contributed by atoms with Crippen molar-refractivity contribution in [1.82, 2.24) is 4.98 Å². The molecule has 3 nitrogen and oxygen atoms in total. The highest BCUT2D eigenvalue weighted by Gasteiger charge is 2.14. The third-order valence-electron chi connectivity index (χ3n) is 2.40. The Morgan fingerprint density at radius 1 is 1.12 bits per heavy atom. The number of hydrogen-bond acceptors (Lipinski definition) is 3. The fourth-order valence-electron chi connectivity index (χ4n) is 1.48. The molecule has 0 saturated heterocycles. The maximum atomic E-state index is 13.6. The van der Waals surface area contributed by atoms with E-state index in [2.05, 4.69) is 4.98 Å². The molecule has 5 heteroatoms. The van der Waals surface area contributed by atoms with E-state index < -0.39 is 11.6 Å². The van der Waals surface area contributed by atoms with Crippen LogP contribution in [-0.4, -0.2) is 12.0 Å². The minimum atomic E-state index is -0.854. The molecule has 17 heavy (non-hydrogen) atoms. The zero-order valence-corrected chi connectivity index (χ0v) is 9.19. The Balaban J connectivity index is 2.44. The highest BCUT2D eigenvalue weighted by molar-refractivity contribution is 5.60. The molecule has 0 atom stereocenters. The molecule has 1 aromatic heterocycles. The number of nitrogens with zero attached hydrogens (tertiary/aromatic N) is 2. The van der Waals surface area contributed by atoms with Gasteiger partial charge in [0.1, 0.15) is 0 Å². The van der Waals surface area contributed by atoms with Crippen LogP contribution in [0, 0.1) is 11.6 Å². The first-order valence-electron chi connectivity index (χ1n) is 5.00. The fraction of sp³-hybridized carbons (Fsp3) is 0.0833. The second-order valence-electron chi connectivity index (χ2n) is 3.56. The van der Waals surface area contributed by atoms with Gasteiger partial charge in [-0.25, -0.2) is 13.8 Å². The average Bonchev–Trinajstić information content (AvgIpc) is 2.34. The highest BCUT2D eigenvalue weighted by Crippen LogP contribution is 2.25. The Labute approximate surface area is 97.5 Å². The predicted molar refractivity (Wildman–Crippen MR) is 63.1 cm³/mol. The van der Waals surface area contributed by atoms with Crippen molar-refractivity contribution in [2.24, 2.45) is 0 Å². The van der Waals surface area contributed by atoms with Crippen molar-refractivity contribution in [2.75, 3.05) is 17.7 Å². The lowest BCUT2D eigenvalue weighted by atomic mass is 10.3. The second-order valence-corrected chi connectivity index (χ2v) is 3.56. The van der Waals surface area contributed by atoms with E-state index in [-0.39, 0.29) is 11.6 Å². The molecule has 2 rings (SSSR count). The lowest BCUT2D eigenvalue weighted by Crippen LogP contribution is -2.14. The van der Waals surface area contributed by atoms with Crippen molar-refractivity contribution in [1.29, 1.82) is 0 Å². The Hall–Kier alpha value is -2.17. The van der Waals surface area contributed by atoms with Gasteiger partial charge in [0.15, 0.2) is 23.3 Å². The molecule has 0 aliphatic heterocycles. The molecule has 0 amide bonds. The predicted octanol–water partition coefficient (Wildman–Crippen LogP) is 2.71. The summed E-state index contributed by atoms with van der Waals surface area (Å²) >= 11 is 0. The van der Waals surface area contributed by atoms with Gasteiger partial charge in [-0.1, -0.05) is 18.2 Å². The van der Waals surface area contributed by atoms with Crippen LogP contribution in [0.15, 0.2) is 36.4 Å². The molecule has 2 aromatic rings. The van der Waals surface area contributed by atoms with Crippen molar-refractivity contribution in [3.63, 3.8) is 0 Å². The number of rotatable bonds is 2. The molecular formula is C12H11F2N3. The average molecular weight is 235 g/mol. The van der Waals surface area contributed by atoms with Gasteiger partial charge in [0, 0.05) is 18.8 Å². The minimum absolute atomic E-state index is 0.00454. The highest BCUT2D eigenvalue weighted by atomic mass is 19.1. The molecule has 0 saturated carbocycles. The van der Waals surface area contributed by atoms with Crippen molar-refractivity contribution in [3.8, 4) is 0 Å². The van der Waals surface area contributed by atoms with Crippen LogP contribution in [0.3, 0.4) is 0 Å². The topological polar surface area (TPSA) is 42.2 Å². The quantitative estimate of drug-likeness (QED) is 0.870. The second kappa shape index (κ2) is 4.37. The van der Waals surface area contributed by atoms with Crippen molar-refractivity contribution < 1.29 is 8.78 Å². The van der Waals surface area contributed by atoms with E-state index in [4.69, 9.17) is 5.73 Å². The van der Waals surface area contributed by atoms with Crippen LogP contribution in [0.2, 0.25) is 0 Å². The summed E-state index contributed by atoms with van der Waals surface area (Å²) in [6.45, 7) is 0. The Morgan fingerprint density at radius 2 is 1.76 bits per heavy atom. The molecule has 0 fully saturated rings. The SMILES string of the molecule is CN(c1ccccc1)c1nc(N)c(F)cc1F. The molecule has 0 bridgehead atoms. The van der Waals surface area contributed by atoms with Gasteiger partial charge in [0.25, 0.3) is 0 Å². The Kier molecular flexibility index (Phi) is 2.91. The zero-order chi connectivity index (χ0) is 12.4. The van der Waals surface area contributed by atoms with Crippen LogP contribution in [0.4, 0.5) is 26.1 Å². The van der Waals surface area contributed by atoms with Gasteiger partial charge in [-0.3, -0.25) is 0 Å². The number of nitrogen functional groups attached to an aromatic ring is 1. The lowest BCUT2D eigenvalue weighted by molar-refractivity contribution is 0.577. The molecule has 0 radical (unpaired) electrons. The van der Waals surface area contributed by atoms with E-state index in [1.807, 2.05) is 18.2 Å². The van der Waals surface area contributed by atoms with Gasteiger partial charge < -0.3 is 10.6 Å². The summed E-state index contributed by atoms with van der Waals surface area (Å²) in [5.41, 5.74) is 6.07. The van der Waals surface area contributed by atoms with Crippen LogP contribution in [-0.2, 0) is 0 Å². The molecule has 0 aliphatic carbocycles. The van der Waals surface area contributed by atoms with E-state index in [0.717, 1.165) is 11.8 Å². The zero-order valence-electron chi connectivity index (χ0n) is 9.19. The number of hydrogen-bond donors (Lipinski definition) is 1. The van der Waals surface area contributed by atoms with Crippen molar-refractivity contribution in [2.45, 2.75) is 0 Å². The molecular weight excluding hydrogens is 224 g/mol. The lowest BCUT2D eigenvalue weighted by Gasteiger charge is -2.19. The summed E-state index contributed by atoms with van der Waals surface area (Å²) in [6, 6.07) is 9.80. The first kappa shape index (κ1) is 11.3. The van der Waals surface area contributed by atoms with E-state index >= 15 is 0 Å². The molecule has 1 aromatic carbocycles. The van der Waals surface area contributed by atoms with E-state index in [0.29, 0.717) is 0 Å². The smallest absolute Gasteiger partial charge is 0.171 e. The van der Waals surface area contributed by atoms with Gasteiger partial charge in [-0.05, 0) is 12.1 Å². The summed E-state index contributed by atoms with van der Waals surface area (Å²) < 4.78 is 26.5. The van der Waals surface area contributed by atoms with Gasteiger partial charge in [-0.15, -0.1) is 0 Å². The molecule has 1 heterocycles. The molecule has 0 aliphatic rings. The molecule has 2 N–H and O–H groups in total. The van der Waals surface area contributed by atoms with Crippen LogP contribution in [0.25, 0.3) is 0 Å². The van der Waals surface area contributed by atoms with Crippen molar-refractivity contribution >= 4 is 17.3 Å². The standard InChI is InChI=1S/C12H11F2N3/c1-17(8-5-3-2-4-6-8)12-10(14)7-9(13)11(15)16-12/h2-7H,1H3,(H2,15,16). The van der Waals surface area contributed by atoms with Crippen molar-refractivity contribution in [3.05, 3.63) is 48.0 Å². The van der Waals surface area contributed by atoms with Crippen LogP contribution in [0.1, 0.15) is 0 Å². The number of anilines is 3. The summed E-state index contributed by atoms with van der Waals surface area (Å²) in [4.78, 5) is 5.21. The Bertz CT molecular complexity index is 529. The van der Waals surface area contributed by atoms with Crippen LogP contribution < -0.4 is 10.6 Å². The minimum Gasteiger partial charge on any atom is -0.381 e. The number of pyridine rings is 1. The number of para-hydroxylation sites is 1. The molecule has 0 spiro atoms. The summed E-state index contributed by atoms with van der Waals surface area (Å²) in [5, 5.41) is 0. The normalized spacial score (nSPS) is 10.3. The number of nitrogens with two attached hydrogens (primary N) is 1. The molecule has 0 unspecified atom stereocenters. The van der Waals surface area contributed by atoms with E-state index in [9.17, 15) is 8.78 Å². The van der Waals surface area contributed by atoms with Crippen LogP contribution >= 0.6 is 0 Å². The first-order valence-corrected chi connectivity index (χ1v) is 5.00. The Morgan fingerprint density at radius 3 is 2.41 bits per heavy atom.